The average Bonchev–Trinajstić information content (AvgIpc) is 2.50. The van der Waals surface area contributed by atoms with E-state index >= 15 is 0 Å². The molecular formula is C10H11N3O2. The molecule has 1 heterocycles. The van der Waals surface area contributed by atoms with Gasteiger partial charge in [-0.15, -0.1) is 0 Å². The highest BCUT2D eigenvalue weighted by Crippen LogP contribution is 2.25. The highest BCUT2D eigenvalue weighted by atomic mass is 16.2. The number of carbonyl (C=O) groups excluding carboxylic acids is 2. The fourth-order valence-electron chi connectivity index (χ4n) is 1.64. The summed E-state index contributed by atoms with van der Waals surface area (Å²) in [7, 11) is 1.69. The Kier molecular flexibility index (Phi) is 1.79. The van der Waals surface area contributed by atoms with E-state index in [0.717, 1.165) is 0 Å². The predicted octanol–water partition coefficient (Wildman–Crippen LogP) is 0.184. The lowest BCUT2D eigenvalue weighted by molar-refractivity contribution is -0.111. The first kappa shape index (κ1) is 9.64. The number of allylic oxidation sites excluding steroid dienone is 1. The molecule has 0 saturated carbocycles. The number of aromatic nitrogens is 2. The summed E-state index contributed by atoms with van der Waals surface area (Å²) < 4.78 is 1.59. The van der Waals surface area contributed by atoms with E-state index in [1.54, 1.807) is 25.5 Å². The lowest BCUT2D eigenvalue weighted by atomic mass is 9.96. The number of nitrogens with zero attached hydrogens (tertiary/aromatic N) is 2. The van der Waals surface area contributed by atoms with Crippen LogP contribution in [0.4, 0.5) is 0 Å². The summed E-state index contributed by atoms with van der Waals surface area (Å²) in [6.07, 6.45) is 0. The first-order chi connectivity index (χ1) is 6.95. The van der Waals surface area contributed by atoms with Crippen LogP contribution in [0, 0.1) is 6.92 Å². The van der Waals surface area contributed by atoms with Gasteiger partial charge in [0.05, 0.1) is 5.70 Å². The maximum atomic E-state index is 11.7. The Balaban J connectivity index is 2.83. The van der Waals surface area contributed by atoms with Crippen molar-refractivity contribution in [3.05, 3.63) is 22.8 Å². The second-order valence-electron chi connectivity index (χ2n) is 3.61. The van der Waals surface area contributed by atoms with Crippen LogP contribution in [0.1, 0.15) is 28.9 Å². The van der Waals surface area contributed by atoms with Crippen molar-refractivity contribution in [2.24, 2.45) is 12.8 Å². The maximum Gasteiger partial charge on any atom is 0.251 e. The molecule has 1 aliphatic rings. The molecule has 0 atom stereocenters. The Morgan fingerprint density at radius 1 is 1.20 bits per heavy atom. The van der Waals surface area contributed by atoms with Crippen LogP contribution in [0.2, 0.25) is 0 Å². The van der Waals surface area contributed by atoms with Gasteiger partial charge in [0, 0.05) is 12.6 Å². The fourth-order valence-corrected chi connectivity index (χ4v) is 1.64. The minimum atomic E-state index is -0.539. The quantitative estimate of drug-likeness (QED) is 0.613. The summed E-state index contributed by atoms with van der Waals surface area (Å²) in [4.78, 5) is 27.4. The Bertz CT molecular complexity index is 523. The lowest BCUT2D eigenvalue weighted by Gasteiger charge is -2.12. The van der Waals surface area contributed by atoms with E-state index in [1.807, 2.05) is 0 Å². The Morgan fingerprint density at radius 2 is 1.80 bits per heavy atom. The number of hydrogen-bond acceptors (Lipinski definition) is 4. The minimum absolute atomic E-state index is 0.283. The monoisotopic (exact) mass is 205 g/mol. The number of imidazole rings is 1. The average molecular weight is 205 g/mol. The zero-order valence-electron chi connectivity index (χ0n) is 8.79. The molecule has 5 nitrogen and oxygen atoms in total. The molecule has 0 aliphatic heterocycles. The highest BCUT2D eigenvalue weighted by molar-refractivity contribution is 6.51. The van der Waals surface area contributed by atoms with E-state index in [4.69, 9.17) is 5.73 Å². The molecule has 0 bridgehead atoms. The van der Waals surface area contributed by atoms with Crippen molar-refractivity contribution in [3.63, 3.8) is 0 Å². The molecule has 1 aromatic heterocycles. The van der Waals surface area contributed by atoms with E-state index in [0.29, 0.717) is 22.9 Å². The van der Waals surface area contributed by atoms with Crippen molar-refractivity contribution >= 4 is 17.3 Å². The molecule has 0 amide bonds. The largest absolute Gasteiger partial charge is 0.397 e. The molecule has 78 valence electrons. The predicted molar refractivity (Wildman–Crippen MR) is 54.1 cm³/mol. The van der Waals surface area contributed by atoms with Crippen molar-refractivity contribution in [3.8, 4) is 0 Å². The molecule has 2 rings (SSSR count). The molecule has 15 heavy (non-hydrogen) atoms. The number of hydrogen-bond donors (Lipinski definition) is 1. The van der Waals surface area contributed by atoms with E-state index in [1.165, 1.54) is 0 Å². The van der Waals surface area contributed by atoms with E-state index in [9.17, 15) is 9.59 Å². The van der Waals surface area contributed by atoms with E-state index in [2.05, 4.69) is 4.98 Å². The normalized spacial score (nSPS) is 15.9. The third-order valence-corrected chi connectivity index (χ3v) is 2.74. The molecule has 0 unspecified atom stereocenters. The van der Waals surface area contributed by atoms with Crippen LogP contribution >= 0.6 is 0 Å². The topological polar surface area (TPSA) is 78.0 Å². The van der Waals surface area contributed by atoms with Crippen LogP contribution in [0.25, 0.3) is 5.70 Å². The van der Waals surface area contributed by atoms with Gasteiger partial charge in [-0.2, -0.15) is 0 Å². The van der Waals surface area contributed by atoms with Crippen LogP contribution in [0.15, 0.2) is 5.57 Å². The molecule has 1 aliphatic carbocycles. The summed E-state index contributed by atoms with van der Waals surface area (Å²) in [5, 5.41) is 0. The van der Waals surface area contributed by atoms with Gasteiger partial charge in [-0.1, -0.05) is 0 Å². The SMILES string of the molecule is CC1=C(N)c2nc(C)n(C)c2C(=O)C1=O. The number of rotatable bonds is 0. The summed E-state index contributed by atoms with van der Waals surface area (Å²) in [5.74, 6) is -0.401. The molecular weight excluding hydrogens is 194 g/mol. The number of fused-ring (bicyclic) bond motifs is 1. The first-order valence-electron chi connectivity index (χ1n) is 4.54. The van der Waals surface area contributed by atoms with Crippen molar-refractivity contribution in [2.75, 3.05) is 0 Å². The van der Waals surface area contributed by atoms with Crippen LogP contribution in [0.5, 0.6) is 0 Å². The molecule has 5 heteroatoms. The molecule has 0 saturated heterocycles. The van der Waals surface area contributed by atoms with Gasteiger partial charge in [-0.3, -0.25) is 9.59 Å². The highest BCUT2D eigenvalue weighted by Gasteiger charge is 2.33. The summed E-state index contributed by atoms with van der Waals surface area (Å²) >= 11 is 0. The number of ketones is 2. The van der Waals surface area contributed by atoms with Crippen molar-refractivity contribution in [1.82, 2.24) is 9.55 Å². The van der Waals surface area contributed by atoms with Crippen LogP contribution in [-0.4, -0.2) is 21.1 Å². The standard InChI is InChI=1S/C10H11N3O2/c1-4-6(11)7-8(10(15)9(4)14)13(3)5(2)12-7/h11H2,1-3H3. The molecule has 0 radical (unpaired) electrons. The summed E-state index contributed by atoms with van der Waals surface area (Å²) in [6, 6.07) is 0. The van der Waals surface area contributed by atoms with Gasteiger partial charge in [-0.25, -0.2) is 4.98 Å². The molecule has 0 aromatic carbocycles. The minimum Gasteiger partial charge on any atom is -0.397 e. The van der Waals surface area contributed by atoms with Crippen LogP contribution in [-0.2, 0) is 11.8 Å². The Morgan fingerprint density at radius 3 is 2.40 bits per heavy atom. The fraction of sp³-hybridized carbons (Fsp3) is 0.300. The van der Waals surface area contributed by atoms with Gasteiger partial charge in [0.15, 0.2) is 0 Å². The summed E-state index contributed by atoms with van der Waals surface area (Å²) in [6.45, 7) is 3.31. The van der Waals surface area contributed by atoms with Gasteiger partial charge in [0.1, 0.15) is 17.2 Å². The van der Waals surface area contributed by atoms with Gasteiger partial charge in [0.25, 0.3) is 5.78 Å². The summed E-state index contributed by atoms with van der Waals surface area (Å²) in [5.41, 5.74) is 7.06. The number of nitrogens with two attached hydrogens (primary N) is 1. The molecule has 2 N–H and O–H groups in total. The third kappa shape index (κ3) is 1.06. The van der Waals surface area contributed by atoms with Crippen molar-refractivity contribution in [1.29, 1.82) is 0 Å². The molecule has 0 fully saturated rings. The third-order valence-electron chi connectivity index (χ3n) is 2.74. The van der Waals surface area contributed by atoms with Crippen molar-refractivity contribution < 1.29 is 9.59 Å². The smallest absolute Gasteiger partial charge is 0.251 e. The van der Waals surface area contributed by atoms with E-state index in [-0.39, 0.29) is 5.57 Å². The Hall–Kier alpha value is -1.91. The van der Waals surface area contributed by atoms with Gasteiger partial charge >= 0.3 is 0 Å². The maximum absolute atomic E-state index is 11.7. The van der Waals surface area contributed by atoms with Crippen LogP contribution < -0.4 is 5.73 Å². The second kappa shape index (κ2) is 2.79. The number of aryl methyl sites for hydroxylation is 1. The molecule has 1 aromatic rings. The number of Topliss-reactive ketones (excluding diaryl/α,β-unsaturated/α-hetero) is 2. The van der Waals surface area contributed by atoms with E-state index < -0.39 is 11.6 Å². The first-order valence-corrected chi connectivity index (χ1v) is 4.54. The number of carbonyl (C=O) groups is 2. The lowest BCUT2D eigenvalue weighted by Crippen LogP contribution is -2.26. The van der Waals surface area contributed by atoms with Gasteiger partial charge in [0.2, 0.25) is 5.78 Å². The zero-order valence-corrected chi connectivity index (χ0v) is 8.79. The van der Waals surface area contributed by atoms with Crippen molar-refractivity contribution in [2.45, 2.75) is 13.8 Å². The van der Waals surface area contributed by atoms with Crippen LogP contribution in [0.3, 0.4) is 0 Å². The van der Waals surface area contributed by atoms with Gasteiger partial charge < -0.3 is 10.3 Å². The van der Waals surface area contributed by atoms with Gasteiger partial charge in [-0.05, 0) is 13.8 Å². The Labute approximate surface area is 86.6 Å². The second-order valence-corrected chi connectivity index (χ2v) is 3.61. The molecule has 0 spiro atoms. The zero-order chi connectivity index (χ0) is 11.3.